The number of anilines is 1. The second-order valence-corrected chi connectivity index (χ2v) is 8.30. The van der Waals surface area contributed by atoms with Gasteiger partial charge in [0.2, 0.25) is 0 Å². The van der Waals surface area contributed by atoms with Gasteiger partial charge in [-0.05, 0) is 37.3 Å². The van der Waals surface area contributed by atoms with Crippen LogP contribution in [0, 0.1) is 6.92 Å². The molecule has 3 aromatic carbocycles. The fourth-order valence-corrected chi connectivity index (χ4v) is 4.17. The predicted molar refractivity (Wildman–Crippen MR) is 128 cm³/mol. The average molecular weight is 439 g/mol. The molecule has 0 bridgehead atoms. The first kappa shape index (κ1) is 19.8. The van der Waals surface area contributed by atoms with Crippen molar-refractivity contribution >= 4 is 33.7 Å². The first-order valence-electron chi connectivity index (χ1n) is 10.0. The maximum absolute atomic E-state index is 13.3. The van der Waals surface area contributed by atoms with Crippen molar-refractivity contribution in [1.82, 2.24) is 14.8 Å². The number of benzene rings is 3. The monoisotopic (exact) mass is 438 g/mol. The van der Waals surface area contributed by atoms with E-state index in [0.29, 0.717) is 22.1 Å². The molecule has 0 atom stereocenters. The maximum Gasteiger partial charge on any atom is 0.279 e. The van der Waals surface area contributed by atoms with E-state index in [1.54, 1.807) is 47.7 Å². The molecule has 0 saturated heterocycles. The summed E-state index contributed by atoms with van der Waals surface area (Å²) in [6, 6.07) is 23.6. The van der Waals surface area contributed by atoms with Gasteiger partial charge >= 0.3 is 0 Å². The van der Waals surface area contributed by atoms with Crippen LogP contribution in [0.2, 0.25) is 0 Å². The quantitative estimate of drug-likeness (QED) is 0.425. The molecular formula is C25H18N4O2S. The van der Waals surface area contributed by atoms with Gasteiger partial charge in [0.25, 0.3) is 11.5 Å². The van der Waals surface area contributed by atoms with E-state index in [0.717, 1.165) is 16.3 Å². The van der Waals surface area contributed by atoms with E-state index in [9.17, 15) is 9.59 Å². The molecule has 2 aromatic heterocycles. The Bertz CT molecular complexity index is 1510. The average Bonchev–Trinajstić information content (AvgIpc) is 3.26. The number of aromatic nitrogens is 3. The smallest absolute Gasteiger partial charge is 0.279 e. The number of carbonyl (C=O) groups excluding carboxylic acids is 1. The first-order valence-corrected chi connectivity index (χ1v) is 10.9. The van der Waals surface area contributed by atoms with Gasteiger partial charge in [-0.2, -0.15) is 9.78 Å². The Morgan fingerprint density at radius 2 is 1.69 bits per heavy atom. The Balaban J connectivity index is 1.57. The topological polar surface area (TPSA) is 76.9 Å². The van der Waals surface area contributed by atoms with E-state index >= 15 is 0 Å². The molecule has 0 unspecified atom stereocenters. The van der Waals surface area contributed by atoms with E-state index < -0.39 is 5.91 Å². The van der Waals surface area contributed by atoms with Crippen molar-refractivity contribution in [2.75, 3.05) is 5.32 Å². The summed E-state index contributed by atoms with van der Waals surface area (Å²) >= 11 is 1.58. The molecule has 0 aliphatic rings. The highest BCUT2D eigenvalue weighted by Gasteiger charge is 2.18. The molecule has 0 saturated carbocycles. The zero-order valence-electron chi connectivity index (χ0n) is 17.1. The largest absolute Gasteiger partial charge is 0.321 e. The summed E-state index contributed by atoms with van der Waals surface area (Å²) in [5, 5.41) is 11.3. The Kier molecular flexibility index (Phi) is 5.09. The second-order valence-electron chi connectivity index (χ2n) is 7.23. The number of thiazole rings is 1. The van der Waals surface area contributed by atoms with Gasteiger partial charge in [0.1, 0.15) is 0 Å². The van der Waals surface area contributed by atoms with Crippen molar-refractivity contribution < 1.29 is 4.79 Å². The minimum Gasteiger partial charge on any atom is -0.321 e. The summed E-state index contributed by atoms with van der Waals surface area (Å²) in [7, 11) is 0. The molecule has 0 aliphatic carbocycles. The molecule has 6 nitrogen and oxygen atoms in total. The molecule has 1 amide bonds. The van der Waals surface area contributed by atoms with Gasteiger partial charge in [-0.1, -0.05) is 48.5 Å². The van der Waals surface area contributed by atoms with Crippen LogP contribution < -0.4 is 10.9 Å². The summed E-state index contributed by atoms with van der Waals surface area (Å²) in [5.41, 5.74) is 2.91. The molecule has 0 fully saturated rings. The number of fused-ring (bicyclic) bond motifs is 1. The highest BCUT2D eigenvalue weighted by atomic mass is 32.1. The van der Waals surface area contributed by atoms with Crippen molar-refractivity contribution in [3.8, 4) is 16.9 Å². The zero-order valence-corrected chi connectivity index (χ0v) is 18.0. The molecule has 32 heavy (non-hydrogen) atoms. The van der Waals surface area contributed by atoms with Gasteiger partial charge in [0.15, 0.2) is 5.69 Å². The SMILES string of the molecule is Cc1nc(-c2cccc(NC(=O)c3nn(-c4ccccc4)c(=O)c4ccccc34)c2)cs1. The number of rotatable bonds is 4. The number of carbonyl (C=O) groups is 1. The number of amides is 1. The van der Waals surface area contributed by atoms with Crippen LogP contribution in [0.15, 0.2) is 89.0 Å². The van der Waals surface area contributed by atoms with Crippen LogP contribution in [0.5, 0.6) is 0 Å². The fourth-order valence-electron chi connectivity index (χ4n) is 3.54. The van der Waals surface area contributed by atoms with E-state index in [1.165, 1.54) is 4.68 Å². The predicted octanol–water partition coefficient (Wildman–Crippen LogP) is 5.07. The number of aryl methyl sites for hydroxylation is 1. The van der Waals surface area contributed by atoms with Gasteiger partial charge in [0, 0.05) is 22.0 Å². The molecule has 7 heteroatoms. The first-order chi connectivity index (χ1) is 15.6. The third kappa shape index (κ3) is 3.70. The van der Waals surface area contributed by atoms with E-state index in [4.69, 9.17) is 0 Å². The van der Waals surface area contributed by atoms with Crippen LogP contribution >= 0.6 is 11.3 Å². The van der Waals surface area contributed by atoms with Crippen molar-refractivity contribution in [3.63, 3.8) is 0 Å². The highest BCUT2D eigenvalue weighted by molar-refractivity contribution is 7.09. The lowest BCUT2D eigenvalue weighted by Gasteiger charge is -2.12. The van der Waals surface area contributed by atoms with Crippen LogP contribution in [0.1, 0.15) is 15.5 Å². The molecule has 0 spiro atoms. The molecule has 1 N–H and O–H groups in total. The maximum atomic E-state index is 13.3. The summed E-state index contributed by atoms with van der Waals surface area (Å²) < 4.78 is 1.27. The van der Waals surface area contributed by atoms with Crippen molar-refractivity contribution in [1.29, 1.82) is 0 Å². The Morgan fingerprint density at radius 3 is 2.44 bits per heavy atom. The van der Waals surface area contributed by atoms with E-state index in [2.05, 4.69) is 15.4 Å². The lowest BCUT2D eigenvalue weighted by molar-refractivity contribution is 0.102. The third-order valence-electron chi connectivity index (χ3n) is 5.06. The lowest BCUT2D eigenvalue weighted by Crippen LogP contribution is -2.26. The summed E-state index contributed by atoms with van der Waals surface area (Å²) in [5.74, 6) is -0.391. The van der Waals surface area contributed by atoms with Crippen molar-refractivity contribution in [2.45, 2.75) is 6.92 Å². The number of nitrogens with one attached hydrogen (secondary N) is 1. The van der Waals surface area contributed by atoms with Crippen LogP contribution in [-0.2, 0) is 0 Å². The second kappa shape index (κ2) is 8.20. The van der Waals surface area contributed by atoms with Crippen molar-refractivity contribution in [2.24, 2.45) is 0 Å². The fraction of sp³-hybridized carbons (Fsp3) is 0.0400. The highest BCUT2D eigenvalue weighted by Crippen LogP contribution is 2.25. The standard InChI is InChI=1S/C25H18N4O2S/c1-16-26-22(15-32-16)17-8-7-9-18(14-17)27-24(30)23-20-12-5-6-13-21(20)25(31)29(28-23)19-10-3-2-4-11-19/h2-15H,1H3,(H,27,30). The Morgan fingerprint density at radius 1 is 0.938 bits per heavy atom. The normalized spacial score (nSPS) is 10.9. The molecule has 5 rings (SSSR count). The number of hydrogen-bond acceptors (Lipinski definition) is 5. The Hall–Kier alpha value is -4.10. The molecule has 0 radical (unpaired) electrons. The van der Waals surface area contributed by atoms with Crippen molar-refractivity contribution in [3.05, 3.63) is 105 Å². The number of para-hydroxylation sites is 1. The molecule has 2 heterocycles. The van der Waals surface area contributed by atoms with Gasteiger partial charge in [-0.25, -0.2) is 4.98 Å². The number of hydrogen-bond donors (Lipinski definition) is 1. The van der Waals surface area contributed by atoms with Crippen LogP contribution in [0.25, 0.3) is 27.7 Å². The summed E-state index contributed by atoms with van der Waals surface area (Å²) in [6.45, 7) is 1.96. The summed E-state index contributed by atoms with van der Waals surface area (Å²) in [4.78, 5) is 30.8. The van der Waals surface area contributed by atoms with Crippen LogP contribution in [0.4, 0.5) is 5.69 Å². The van der Waals surface area contributed by atoms with E-state index in [1.807, 2.05) is 54.8 Å². The minimum atomic E-state index is -0.391. The number of nitrogens with zero attached hydrogens (tertiary/aromatic N) is 3. The Labute approximate surface area is 187 Å². The van der Waals surface area contributed by atoms with Gasteiger partial charge in [-0.3, -0.25) is 9.59 Å². The van der Waals surface area contributed by atoms with Gasteiger partial charge < -0.3 is 5.32 Å². The van der Waals surface area contributed by atoms with E-state index in [-0.39, 0.29) is 11.3 Å². The van der Waals surface area contributed by atoms with Gasteiger partial charge in [0.05, 0.1) is 21.8 Å². The third-order valence-corrected chi connectivity index (χ3v) is 5.83. The molecular weight excluding hydrogens is 420 g/mol. The summed E-state index contributed by atoms with van der Waals surface area (Å²) in [6.07, 6.45) is 0. The zero-order chi connectivity index (χ0) is 22.1. The lowest BCUT2D eigenvalue weighted by atomic mass is 10.1. The van der Waals surface area contributed by atoms with Crippen LogP contribution in [-0.4, -0.2) is 20.7 Å². The molecule has 5 aromatic rings. The molecule has 0 aliphatic heterocycles. The minimum absolute atomic E-state index is 0.180. The van der Waals surface area contributed by atoms with Crippen LogP contribution in [0.3, 0.4) is 0 Å². The van der Waals surface area contributed by atoms with Gasteiger partial charge in [-0.15, -0.1) is 11.3 Å². The molecule has 156 valence electrons.